The number of carbonyl (C=O) groups excluding carboxylic acids is 3. The van der Waals surface area contributed by atoms with Crippen molar-refractivity contribution >= 4 is 29.5 Å². The van der Waals surface area contributed by atoms with Crippen molar-refractivity contribution < 1.29 is 42.2 Å². The summed E-state index contributed by atoms with van der Waals surface area (Å²) in [6.45, 7) is 5.66. The zero-order chi connectivity index (χ0) is 28.6. The summed E-state index contributed by atoms with van der Waals surface area (Å²) in [6.07, 6.45) is -0.493. The standard InChI is InChI=1S/C23H33N5O4.C2HF3O2/c1-32-20-3-2-17(14-19(20)28-13-8-21(29)26-23(28)31)22(30)25-18-6-11-27(12-7-18)15-16-4-9-24-10-5-16;3-2(4,5)1(6)7/h2-3,14,16,18,24H,4-13,15H2,1H3,(H,25,30)(H,26,29,31);(H,6,7). The second kappa shape index (κ2) is 13.6. The lowest BCUT2D eigenvalue weighted by atomic mass is 9.95. The fraction of sp³-hybridized carbons (Fsp3) is 0.600. The minimum absolute atomic E-state index is 0.147. The van der Waals surface area contributed by atoms with E-state index in [0.717, 1.165) is 51.5 Å². The number of urea groups is 1. The van der Waals surface area contributed by atoms with Gasteiger partial charge >= 0.3 is 18.2 Å². The van der Waals surface area contributed by atoms with Crippen molar-refractivity contribution in [1.82, 2.24) is 20.9 Å². The molecule has 0 aromatic heterocycles. The number of aliphatic carboxylic acids is 1. The minimum Gasteiger partial charge on any atom is -0.495 e. The number of carboxylic acid groups (broad SMARTS) is 1. The number of carbonyl (C=O) groups is 4. The molecule has 4 amide bonds. The van der Waals surface area contributed by atoms with Crippen LogP contribution in [0.3, 0.4) is 0 Å². The molecule has 11 nitrogen and oxygen atoms in total. The van der Waals surface area contributed by atoms with Crippen LogP contribution < -0.4 is 25.6 Å². The Morgan fingerprint density at radius 3 is 2.31 bits per heavy atom. The zero-order valence-corrected chi connectivity index (χ0v) is 21.7. The molecule has 3 saturated heterocycles. The number of rotatable bonds is 6. The lowest BCUT2D eigenvalue weighted by molar-refractivity contribution is -0.192. The van der Waals surface area contributed by atoms with E-state index in [1.807, 2.05) is 0 Å². The van der Waals surface area contributed by atoms with Gasteiger partial charge in [0.15, 0.2) is 0 Å². The van der Waals surface area contributed by atoms with Crippen LogP contribution in [-0.2, 0) is 9.59 Å². The summed E-state index contributed by atoms with van der Waals surface area (Å²) in [7, 11) is 1.52. The van der Waals surface area contributed by atoms with Gasteiger partial charge in [-0.05, 0) is 62.9 Å². The molecule has 3 aliphatic heterocycles. The Kier molecular flexibility index (Phi) is 10.5. The van der Waals surface area contributed by atoms with Gasteiger partial charge in [-0.2, -0.15) is 13.2 Å². The third-order valence-corrected chi connectivity index (χ3v) is 6.93. The van der Waals surface area contributed by atoms with Crippen LogP contribution in [0.25, 0.3) is 0 Å². The minimum atomic E-state index is -5.08. The van der Waals surface area contributed by atoms with Crippen LogP contribution in [0.5, 0.6) is 5.75 Å². The molecule has 1 aromatic carbocycles. The Hall–Kier alpha value is -3.39. The Morgan fingerprint density at radius 1 is 1.10 bits per heavy atom. The normalized spacial score (nSPS) is 19.5. The molecule has 4 N–H and O–H groups in total. The predicted octanol–water partition coefficient (Wildman–Crippen LogP) is 1.97. The molecular formula is C25H34F3N5O6. The lowest BCUT2D eigenvalue weighted by Crippen LogP contribution is -2.49. The highest BCUT2D eigenvalue weighted by atomic mass is 19.4. The molecule has 0 atom stereocenters. The number of methoxy groups -OCH3 is 1. The van der Waals surface area contributed by atoms with Crippen molar-refractivity contribution in [2.24, 2.45) is 5.92 Å². The van der Waals surface area contributed by atoms with Crippen molar-refractivity contribution in [3.63, 3.8) is 0 Å². The SMILES string of the molecule is COc1ccc(C(=O)NC2CCN(CC3CCNCC3)CC2)cc1N1CCC(=O)NC1=O.O=C(O)C(F)(F)F. The van der Waals surface area contributed by atoms with Gasteiger partial charge in [-0.25, -0.2) is 9.59 Å². The van der Waals surface area contributed by atoms with Gasteiger partial charge < -0.3 is 25.4 Å². The Labute approximate surface area is 224 Å². The summed E-state index contributed by atoms with van der Waals surface area (Å²) in [6, 6.07) is 4.70. The van der Waals surface area contributed by atoms with E-state index in [-0.39, 0.29) is 30.8 Å². The molecule has 3 fully saturated rings. The van der Waals surface area contributed by atoms with Crippen molar-refractivity contribution in [3.8, 4) is 5.75 Å². The average Bonchev–Trinajstić information content (AvgIpc) is 2.90. The van der Waals surface area contributed by atoms with Crippen LogP contribution in [0.2, 0.25) is 0 Å². The topological polar surface area (TPSA) is 140 Å². The predicted molar refractivity (Wildman–Crippen MR) is 135 cm³/mol. The number of piperidine rings is 2. The van der Waals surface area contributed by atoms with Gasteiger partial charge in [0.25, 0.3) is 5.91 Å². The molecule has 216 valence electrons. The average molecular weight is 558 g/mol. The summed E-state index contributed by atoms with van der Waals surface area (Å²) in [5, 5.41) is 16.0. The number of carboxylic acids is 1. The van der Waals surface area contributed by atoms with Crippen LogP contribution >= 0.6 is 0 Å². The zero-order valence-electron chi connectivity index (χ0n) is 21.7. The largest absolute Gasteiger partial charge is 0.495 e. The Balaban J connectivity index is 0.000000532. The maximum Gasteiger partial charge on any atom is 0.490 e. The number of alkyl halides is 3. The van der Waals surface area contributed by atoms with Gasteiger partial charge in [0, 0.05) is 44.2 Å². The van der Waals surface area contributed by atoms with Crippen LogP contribution in [-0.4, -0.2) is 92.4 Å². The second-order valence-corrected chi connectivity index (χ2v) is 9.69. The number of benzene rings is 1. The first-order valence-electron chi connectivity index (χ1n) is 12.8. The van der Waals surface area contributed by atoms with Gasteiger partial charge in [0.05, 0.1) is 12.8 Å². The van der Waals surface area contributed by atoms with E-state index in [1.54, 1.807) is 18.2 Å². The highest BCUT2D eigenvalue weighted by molar-refractivity contribution is 6.07. The summed E-state index contributed by atoms with van der Waals surface area (Å²) >= 11 is 0. The van der Waals surface area contributed by atoms with E-state index in [2.05, 4.69) is 20.9 Å². The molecule has 0 radical (unpaired) electrons. The van der Waals surface area contributed by atoms with E-state index >= 15 is 0 Å². The maximum absolute atomic E-state index is 12.9. The van der Waals surface area contributed by atoms with Crippen LogP contribution in [0.4, 0.5) is 23.7 Å². The number of amides is 4. The van der Waals surface area contributed by atoms with E-state index in [4.69, 9.17) is 14.6 Å². The molecular weight excluding hydrogens is 523 g/mol. The number of anilines is 1. The first-order valence-corrected chi connectivity index (χ1v) is 12.8. The number of nitrogens with zero attached hydrogens (tertiary/aromatic N) is 2. The maximum atomic E-state index is 12.9. The molecule has 1 aromatic rings. The van der Waals surface area contributed by atoms with Crippen LogP contribution in [0.1, 0.15) is 42.5 Å². The van der Waals surface area contributed by atoms with Crippen molar-refractivity contribution in [2.45, 2.75) is 44.3 Å². The summed E-state index contributed by atoms with van der Waals surface area (Å²) in [5.74, 6) is -1.95. The number of likely N-dealkylation sites (tertiary alicyclic amines) is 1. The van der Waals surface area contributed by atoms with Gasteiger partial charge in [0.2, 0.25) is 5.91 Å². The third-order valence-electron chi connectivity index (χ3n) is 6.93. The number of nitrogens with one attached hydrogen (secondary N) is 3. The molecule has 0 bridgehead atoms. The van der Waals surface area contributed by atoms with E-state index < -0.39 is 18.2 Å². The molecule has 14 heteroatoms. The first-order chi connectivity index (χ1) is 18.5. The monoisotopic (exact) mass is 557 g/mol. The number of imide groups is 1. The number of hydrogen-bond donors (Lipinski definition) is 4. The molecule has 0 unspecified atom stereocenters. The second-order valence-electron chi connectivity index (χ2n) is 9.69. The molecule has 3 aliphatic rings. The molecule has 4 rings (SSSR count). The van der Waals surface area contributed by atoms with Gasteiger partial charge in [0.1, 0.15) is 5.75 Å². The highest BCUT2D eigenvalue weighted by Crippen LogP contribution is 2.31. The highest BCUT2D eigenvalue weighted by Gasteiger charge is 2.38. The number of ether oxygens (including phenoxy) is 1. The summed E-state index contributed by atoms with van der Waals surface area (Å²) < 4.78 is 37.1. The quantitative estimate of drug-likeness (QED) is 0.416. The van der Waals surface area contributed by atoms with Crippen molar-refractivity contribution in [2.75, 3.05) is 51.3 Å². The first kappa shape index (κ1) is 30.2. The number of hydrogen-bond acceptors (Lipinski definition) is 7. The van der Waals surface area contributed by atoms with E-state index in [0.29, 0.717) is 17.0 Å². The smallest absolute Gasteiger partial charge is 0.490 e. The molecule has 0 saturated carbocycles. The summed E-state index contributed by atoms with van der Waals surface area (Å²) in [4.78, 5) is 49.5. The fourth-order valence-corrected chi connectivity index (χ4v) is 4.79. The Bertz CT molecular complexity index is 1040. The lowest BCUT2D eigenvalue weighted by Gasteiger charge is -2.35. The number of halogens is 3. The molecule has 39 heavy (non-hydrogen) atoms. The fourth-order valence-electron chi connectivity index (χ4n) is 4.79. The van der Waals surface area contributed by atoms with Gasteiger partial charge in [-0.3, -0.25) is 19.8 Å². The van der Waals surface area contributed by atoms with Gasteiger partial charge in [-0.1, -0.05) is 0 Å². The summed E-state index contributed by atoms with van der Waals surface area (Å²) in [5.41, 5.74) is 0.963. The Morgan fingerprint density at radius 2 is 1.74 bits per heavy atom. The van der Waals surface area contributed by atoms with E-state index in [1.165, 1.54) is 24.9 Å². The van der Waals surface area contributed by atoms with Crippen molar-refractivity contribution in [1.29, 1.82) is 0 Å². The third kappa shape index (κ3) is 8.82. The van der Waals surface area contributed by atoms with E-state index in [9.17, 15) is 27.6 Å². The molecule has 0 spiro atoms. The van der Waals surface area contributed by atoms with Crippen LogP contribution in [0, 0.1) is 5.92 Å². The van der Waals surface area contributed by atoms with Gasteiger partial charge in [-0.15, -0.1) is 0 Å². The van der Waals surface area contributed by atoms with Crippen molar-refractivity contribution in [3.05, 3.63) is 23.8 Å². The molecule has 0 aliphatic carbocycles. The molecule has 3 heterocycles. The van der Waals surface area contributed by atoms with Crippen LogP contribution in [0.15, 0.2) is 18.2 Å².